The van der Waals surface area contributed by atoms with Crippen LogP contribution in [0.3, 0.4) is 0 Å². The Hall–Kier alpha value is -2.78. The molecule has 0 bridgehead atoms. The number of rotatable bonds is 9. The van der Waals surface area contributed by atoms with Gasteiger partial charge in [0, 0.05) is 28.4 Å². The Balaban J connectivity index is 1.51. The van der Waals surface area contributed by atoms with Crippen LogP contribution in [0.25, 0.3) is 11.3 Å². The average molecular weight is 478 g/mol. The molecule has 0 spiro atoms. The van der Waals surface area contributed by atoms with E-state index >= 15 is 0 Å². The van der Waals surface area contributed by atoms with Gasteiger partial charge in [-0.25, -0.2) is 0 Å². The molecule has 0 atom stereocenters. The lowest BCUT2D eigenvalue weighted by Crippen LogP contribution is -2.19. The number of thioether (sulfide) groups is 1. The molecule has 1 N–H and O–H groups in total. The first kappa shape index (κ1) is 23.4. The van der Waals surface area contributed by atoms with Gasteiger partial charge in [-0.05, 0) is 49.6 Å². The fraction of sp³-hybridized carbons (Fsp3) is 0.333. The molecule has 33 heavy (non-hydrogen) atoms. The zero-order valence-corrected chi connectivity index (χ0v) is 18.6. The van der Waals surface area contributed by atoms with Crippen molar-refractivity contribution in [2.75, 3.05) is 6.61 Å². The zero-order chi connectivity index (χ0) is 23.6. The van der Waals surface area contributed by atoms with Crippen LogP contribution in [0.2, 0.25) is 0 Å². The molecular formula is C24H22F3NO4S. The highest BCUT2D eigenvalue weighted by atomic mass is 32.2. The normalized spacial score (nSPS) is 14.9. The fourth-order valence-corrected chi connectivity index (χ4v) is 4.48. The summed E-state index contributed by atoms with van der Waals surface area (Å²) in [4.78, 5) is 12.4. The van der Waals surface area contributed by atoms with Crippen molar-refractivity contribution in [2.45, 2.75) is 48.6 Å². The highest BCUT2D eigenvalue weighted by molar-refractivity contribution is 7.98. The number of carboxylic acids is 1. The van der Waals surface area contributed by atoms with E-state index in [1.54, 1.807) is 0 Å². The maximum atomic E-state index is 12.9. The van der Waals surface area contributed by atoms with Gasteiger partial charge >= 0.3 is 12.1 Å². The van der Waals surface area contributed by atoms with Crippen LogP contribution in [-0.4, -0.2) is 22.8 Å². The number of ether oxygens (including phenoxy) is 1. The largest absolute Gasteiger partial charge is 0.481 e. The molecule has 1 aliphatic carbocycles. The molecule has 1 saturated carbocycles. The van der Waals surface area contributed by atoms with Crippen LogP contribution in [0.4, 0.5) is 13.2 Å². The van der Waals surface area contributed by atoms with Gasteiger partial charge < -0.3 is 14.4 Å². The van der Waals surface area contributed by atoms with Crippen molar-refractivity contribution in [1.29, 1.82) is 0 Å². The van der Waals surface area contributed by atoms with Crippen LogP contribution in [0.15, 0.2) is 57.9 Å². The van der Waals surface area contributed by atoms with E-state index in [1.165, 1.54) is 23.9 Å². The second-order valence-electron chi connectivity index (χ2n) is 7.85. The van der Waals surface area contributed by atoms with Crippen LogP contribution < -0.4 is 0 Å². The maximum Gasteiger partial charge on any atom is 0.416 e. The van der Waals surface area contributed by atoms with Crippen molar-refractivity contribution in [1.82, 2.24) is 5.16 Å². The first-order chi connectivity index (χ1) is 15.7. The van der Waals surface area contributed by atoms with Gasteiger partial charge in [-0.3, -0.25) is 4.79 Å². The summed E-state index contributed by atoms with van der Waals surface area (Å²) in [5.74, 6) is 0.0674. The van der Waals surface area contributed by atoms with E-state index in [2.05, 4.69) is 5.16 Å². The monoisotopic (exact) mass is 477 g/mol. The van der Waals surface area contributed by atoms with Crippen LogP contribution >= 0.6 is 11.8 Å². The van der Waals surface area contributed by atoms with E-state index in [-0.39, 0.29) is 6.61 Å². The van der Waals surface area contributed by atoms with E-state index in [9.17, 15) is 23.1 Å². The number of hydrogen-bond acceptors (Lipinski definition) is 5. The summed E-state index contributed by atoms with van der Waals surface area (Å²) in [5.41, 5.74) is 1.18. The topological polar surface area (TPSA) is 72.6 Å². The predicted octanol–water partition coefficient (Wildman–Crippen LogP) is 6.31. The summed E-state index contributed by atoms with van der Waals surface area (Å²) >= 11 is 1.51. The van der Waals surface area contributed by atoms with Gasteiger partial charge in [-0.2, -0.15) is 13.2 Å². The summed E-state index contributed by atoms with van der Waals surface area (Å²) < 4.78 is 49.7. The Kier molecular flexibility index (Phi) is 6.54. The number of nitrogens with zero attached hydrogens (tertiary/aromatic N) is 1. The maximum absolute atomic E-state index is 12.9. The highest BCUT2D eigenvalue weighted by Crippen LogP contribution is 2.48. The molecule has 2 aromatic carbocycles. The number of alkyl halides is 3. The smallest absolute Gasteiger partial charge is 0.416 e. The molecule has 0 unspecified atom stereocenters. The minimum absolute atomic E-state index is 0.228. The Bertz CT molecular complexity index is 1120. The van der Waals surface area contributed by atoms with Gasteiger partial charge in [0.15, 0.2) is 5.76 Å². The van der Waals surface area contributed by atoms with Gasteiger partial charge in [0.05, 0.1) is 23.3 Å². The predicted molar refractivity (Wildman–Crippen MR) is 117 cm³/mol. The van der Waals surface area contributed by atoms with Gasteiger partial charge in [0.2, 0.25) is 0 Å². The molecular weight excluding hydrogens is 455 g/mol. The minimum Gasteiger partial charge on any atom is -0.481 e. The molecule has 0 saturated heterocycles. The third-order valence-electron chi connectivity index (χ3n) is 5.74. The van der Waals surface area contributed by atoms with Gasteiger partial charge in [0.1, 0.15) is 0 Å². The number of hydrogen-bond donors (Lipinski definition) is 1. The second kappa shape index (κ2) is 9.23. The number of carbonyl (C=O) groups is 1. The van der Waals surface area contributed by atoms with E-state index in [0.717, 1.165) is 22.6 Å². The Morgan fingerprint density at radius 2 is 1.82 bits per heavy atom. The van der Waals surface area contributed by atoms with Crippen molar-refractivity contribution >= 4 is 17.7 Å². The molecule has 0 aliphatic heterocycles. The molecule has 5 nitrogen and oxygen atoms in total. The Morgan fingerprint density at radius 1 is 1.15 bits per heavy atom. The summed E-state index contributed by atoms with van der Waals surface area (Å²) in [6.45, 7) is 2.55. The molecule has 1 fully saturated rings. The third kappa shape index (κ3) is 4.94. The number of aliphatic carboxylic acids is 1. The molecule has 1 heterocycles. The summed E-state index contributed by atoms with van der Waals surface area (Å²) in [5, 5.41) is 13.6. The lowest BCUT2D eigenvalue weighted by atomic mass is 9.96. The van der Waals surface area contributed by atoms with E-state index in [1.807, 2.05) is 31.2 Å². The van der Waals surface area contributed by atoms with Crippen LogP contribution in [0.5, 0.6) is 0 Å². The third-order valence-corrected chi connectivity index (χ3v) is 6.76. The fourth-order valence-electron chi connectivity index (χ4n) is 3.62. The van der Waals surface area contributed by atoms with Crippen molar-refractivity contribution < 1.29 is 32.3 Å². The highest BCUT2D eigenvalue weighted by Gasteiger charge is 2.51. The van der Waals surface area contributed by atoms with Crippen LogP contribution in [-0.2, 0) is 33.5 Å². The second-order valence-corrected chi connectivity index (χ2v) is 8.90. The quantitative estimate of drug-likeness (QED) is 0.365. The first-order valence-corrected chi connectivity index (χ1v) is 11.4. The Morgan fingerprint density at radius 3 is 2.36 bits per heavy atom. The first-order valence-electron chi connectivity index (χ1n) is 10.4. The summed E-state index contributed by atoms with van der Waals surface area (Å²) in [6.07, 6.45) is -3.10. The molecule has 9 heteroatoms. The minimum atomic E-state index is -4.41. The molecule has 1 aromatic heterocycles. The molecule has 4 rings (SSSR count). The molecule has 1 aliphatic rings. The molecule has 0 amide bonds. The number of carboxylic acid groups (broad SMARTS) is 1. The van der Waals surface area contributed by atoms with E-state index in [4.69, 9.17) is 9.26 Å². The lowest BCUT2D eigenvalue weighted by Gasteiger charge is -2.10. The van der Waals surface area contributed by atoms with Crippen molar-refractivity contribution in [3.63, 3.8) is 0 Å². The van der Waals surface area contributed by atoms with Gasteiger partial charge in [-0.1, -0.05) is 29.4 Å². The van der Waals surface area contributed by atoms with Gasteiger partial charge in [0.25, 0.3) is 0 Å². The van der Waals surface area contributed by atoms with Crippen molar-refractivity contribution in [3.8, 4) is 11.3 Å². The molecule has 3 aromatic rings. The van der Waals surface area contributed by atoms with Crippen LogP contribution in [0.1, 0.15) is 42.1 Å². The number of benzene rings is 2. The molecule has 0 radical (unpaired) electrons. The SMILES string of the molecule is CCOCc1c(CSc2ccc(C3(C(=O)O)CC3)cc2)noc1-c1ccc(C(F)(F)F)cc1. The van der Waals surface area contributed by atoms with Crippen molar-refractivity contribution in [3.05, 3.63) is 70.9 Å². The lowest BCUT2D eigenvalue weighted by molar-refractivity contribution is -0.140. The standard InChI is InChI=1S/C24H22F3NO4S/c1-2-31-13-19-20(28-32-21(19)15-3-5-17(6-4-15)24(25,26)27)14-33-18-9-7-16(8-10-18)23(11-12-23)22(29)30/h3-10H,2,11-14H2,1H3,(H,29,30). The zero-order valence-electron chi connectivity index (χ0n) is 17.8. The summed E-state index contributed by atoms with van der Waals surface area (Å²) in [6, 6.07) is 12.2. The van der Waals surface area contributed by atoms with Crippen LogP contribution in [0, 0.1) is 0 Å². The Labute approximate surface area is 192 Å². The van der Waals surface area contributed by atoms with Crippen molar-refractivity contribution in [2.24, 2.45) is 0 Å². The number of halogens is 3. The average Bonchev–Trinajstić information content (AvgIpc) is 3.52. The van der Waals surface area contributed by atoms with E-state index < -0.39 is 23.1 Å². The van der Waals surface area contributed by atoms with E-state index in [0.29, 0.717) is 47.8 Å². The van der Waals surface area contributed by atoms with Gasteiger partial charge in [-0.15, -0.1) is 11.8 Å². The molecule has 174 valence electrons. The summed E-state index contributed by atoms with van der Waals surface area (Å²) in [7, 11) is 0. The number of aromatic nitrogens is 1.